The number of carbonyl (C=O) groups excluding carboxylic acids is 1. The highest BCUT2D eigenvalue weighted by atomic mass is 35.5. The Bertz CT molecular complexity index is 1110. The van der Waals surface area contributed by atoms with Gasteiger partial charge in [-0.15, -0.1) is 0 Å². The van der Waals surface area contributed by atoms with Crippen molar-refractivity contribution < 1.29 is 13.2 Å². The Hall–Kier alpha value is -2.48. The second-order valence-electron chi connectivity index (χ2n) is 7.01. The van der Waals surface area contributed by atoms with Gasteiger partial charge in [0.2, 0.25) is 5.91 Å². The van der Waals surface area contributed by atoms with Crippen LogP contribution in [-0.4, -0.2) is 33.2 Å². The Morgan fingerprint density at radius 2 is 1.53 bits per heavy atom. The zero-order chi connectivity index (χ0) is 22.8. The molecule has 5 nitrogen and oxygen atoms in total. The summed E-state index contributed by atoms with van der Waals surface area (Å²) in [5.41, 5.74) is 1.54. The van der Waals surface area contributed by atoms with Gasteiger partial charge in [-0.3, -0.25) is 9.10 Å². The maximum atomic E-state index is 13.2. The first-order valence-electron chi connectivity index (χ1n) is 10.2. The molecular weight excluding hydrogens is 464 g/mol. The zero-order valence-corrected chi connectivity index (χ0v) is 19.9. The van der Waals surface area contributed by atoms with Gasteiger partial charge in [-0.05, 0) is 48.1 Å². The van der Waals surface area contributed by atoms with Crippen molar-refractivity contribution >= 4 is 45.0 Å². The lowest BCUT2D eigenvalue weighted by molar-refractivity contribution is -0.119. The highest BCUT2D eigenvalue weighted by molar-refractivity contribution is 7.98. The molecule has 0 heterocycles. The second-order valence-corrected chi connectivity index (χ2v) is 10.4. The van der Waals surface area contributed by atoms with Gasteiger partial charge in [0.1, 0.15) is 6.54 Å². The van der Waals surface area contributed by atoms with Crippen molar-refractivity contribution in [1.29, 1.82) is 0 Å². The molecule has 3 aromatic carbocycles. The van der Waals surface area contributed by atoms with E-state index in [2.05, 4.69) is 5.32 Å². The fourth-order valence-corrected chi connectivity index (χ4v) is 5.70. The van der Waals surface area contributed by atoms with Crippen molar-refractivity contribution in [3.63, 3.8) is 0 Å². The van der Waals surface area contributed by atoms with Gasteiger partial charge >= 0.3 is 0 Å². The van der Waals surface area contributed by atoms with Gasteiger partial charge in [0.15, 0.2) is 0 Å². The van der Waals surface area contributed by atoms with Crippen molar-refractivity contribution in [2.75, 3.05) is 23.1 Å². The van der Waals surface area contributed by atoms with Gasteiger partial charge < -0.3 is 5.32 Å². The highest BCUT2D eigenvalue weighted by Crippen LogP contribution is 2.23. The minimum Gasteiger partial charge on any atom is -0.354 e. The Morgan fingerprint density at radius 1 is 0.906 bits per heavy atom. The van der Waals surface area contributed by atoms with E-state index < -0.39 is 10.0 Å². The number of para-hydroxylation sites is 1. The third-order valence-electron chi connectivity index (χ3n) is 4.67. The summed E-state index contributed by atoms with van der Waals surface area (Å²) in [5, 5.41) is 3.59. The SMILES string of the molecule is O=C(CN(c1ccccc1)S(=O)(=O)c1ccccc1)NCCCSCc1ccccc1Cl. The number of anilines is 1. The number of thioether (sulfide) groups is 1. The van der Waals surface area contributed by atoms with Crippen LogP contribution in [0.25, 0.3) is 0 Å². The van der Waals surface area contributed by atoms with Gasteiger partial charge in [0, 0.05) is 17.3 Å². The Kier molecular flexibility index (Phi) is 9.02. The van der Waals surface area contributed by atoms with E-state index in [1.54, 1.807) is 60.3 Å². The van der Waals surface area contributed by atoms with Gasteiger partial charge in [-0.1, -0.05) is 66.2 Å². The van der Waals surface area contributed by atoms with E-state index >= 15 is 0 Å². The Labute approximate surface area is 198 Å². The first-order chi connectivity index (χ1) is 15.5. The lowest BCUT2D eigenvalue weighted by Crippen LogP contribution is -2.41. The number of halogens is 1. The van der Waals surface area contributed by atoms with Crippen LogP contribution in [0.15, 0.2) is 89.8 Å². The van der Waals surface area contributed by atoms with E-state index in [0.29, 0.717) is 12.2 Å². The molecule has 168 valence electrons. The minimum atomic E-state index is -3.87. The third kappa shape index (κ3) is 6.76. The summed E-state index contributed by atoms with van der Waals surface area (Å²) in [6, 6.07) is 24.5. The molecule has 1 amide bonds. The fourth-order valence-electron chi connectivity index (χ4n) is 3.01. The van der Waals surface area contributed by atoms with Gasteiger partial charge in [-0.2, -0.15) is 11.8 Å². The number of carbonyl (C=O) groups is 1. The molecule has 0 aliphatic rings. The summed E-state index contributed by atoms with van der Waals surface area (Å²) in [4.78, 5) is 12.7. The van der Waals surface area contributed by atoms with Crippen LogP contribution < -0.4 is 9.62 Å². The molecule has 1 N–H and O–H groups in total. The maximum absolute atomic E-state index is 13.2. The highest BCUT2D eigenvalue weighted by Gasteiger charge is 2.26. The van der Waals surface area contributed by atoms with Crippen LogP contribution in [0.4, 0.5) is 5.69 Å². The molecule has 0 radical (unpaired) electrons. The summed E-state index contributed by atoms with van der Waals surface area (Å²) in [6.45, 7) is 0.191. The number of nitrogens with one attached hydrogen (secondary N) is 1. The average Bonchev–Trinajstić information content (AvgIpc) is 2.82. The molecule has 0 saturated carbocycles. The quantitative estimate of drug-likeness (QED) is 0.387. The lowest BCUT2D eigenvalue weighted by atomic mass is 10.2. The zero-order valence-electron chi connectivity index (χ0n) is 17.5. The predicted molar refractivity (Wildman–Crippen MR) is 133 cm³/mol. The molecule has 0 spiro atoms. The van der Waals surface area contributed by atoms with E-state index in [1.165, 1.54) is 12.1 Å². The summed E-state index contributed by atoms with van der Waals surface area (Å²) in [7, 11) is -3.87. The van der Waals surface area contributed by atoms with Crippen molar-refractivity contribution in [1.82, 2.24) is 5.32 Å². The van der Waals surface area contributed by atoms with Crippen molar-refractivity contribution in [3.05, 3.63) is 95.5 Å². The van der Waals surface area contributed by atoms with E-state index in [-0.39, 0.29) is 17.3 Å². The lowest BCUT2D eigenvalue weighted by Gasteiger charge is -2.24. The van der Waals surface area contributed by atoms with Crippen molar-refractivity contribution in [2.45, 2.75) is 17.1 Å². The molecule has 0 aromatic heterocycles. The third-order valence-corrected chi connectivity index (χ3v) is 7.91. The first-order valence-corrected chi connectivity index (χ1v) is 13.2. The van der Waals surface area contributed by atoms with Gasteiger partial charge in [0.25, 0.3) is 10.0 Å². The van der Waals surface area contributed by atoms with E-state index in [1.807, 2.05) is 24.3 Å². The van der Waals surface area contributed by atoms with Crippen LogP contribution in [-0.2, 0) is 20.6 Å². The molecule has 0 aliphatic carbocycles. The number of sulfonamides is 1. The maximum Gasteiger partial charge on any atom is 0.264 e. The molecule has 3 aromatic rings. The number of hydrogen-bond donors (Lipinski definition) is 1. The largest absolute Gasteiger partial charge is 0.354 e. The van der Waals surface area contributed by atoms with E-state index in [0.717, 1.165) is 32.8 Å². The molecule has 0 atom stereocenters. The number of rotatable bonds is 11. The molecule has 0 unspecified atom stereocenters. The Morgan fingerprint density at radius 3 is 2.22 bits per heavy atom. The van der Waals surface area contributed by atoms with Crippen molar-refractivity contribution in [2.24, 2.45) is 0 Å². The minimum absolute atomic E-state index is 0.146. The van der Waals surface area contributed by atoms with Crippen LogP contribution in [0.5, 0.6) is 0 Å². The molecule has 0 aliphatic heterocycles. The number of nitrogens with zero attached hydrogens (tertiary/aromatic N) is 1. The van der Waals surface area contributed by atoms with Crippen LogP contribution in [0.1, 0.15) is 12.0 Å². The van der Waals surface area contributed by atoms with Crippen LogP contribution in [0.3, 0.4) is 0 Å². The summed E-state index contributed by atoms with van der Waals surface area (Å²) >= 11 is 7.90. The normalized spacial score (nSPS) is 11.2. The van der Waals surface area contributed by atoms with E-state index in [9.17, 15) is 13.2 Å². The van der Waals surface area contributed by atoms with Crippen LogP contribution in [0, 0.1) is 0 Å². The van der Waals surface area contributed by atoms with Gasteiger partial charge in [0.05, 0.1) is 10.6 Å². The molecule has 0 bridgehead atoms. The van der Waals surface area contributed by atoms with E-state index in [4.69, 9.17) is 11.6 Å². The summed E-state index contributed by atoms with van der Waals surface area (Å²) < 4.78 is 27.5. The van der Waals surface area contributed by atoms with Crippen LogP contribution >= 0.6 is 23.4 Å². The first kappa shape index (κ1) is 24.2. The topological polar surface area (TPSA) is 66.5 Å². The number of hydrogen-bond acceptors (Lipinski definition) is 4. The standard InChI is InChI=1S/C24H25ClN2O3S2/c25-23-15-8-7-10-20(23)19-31-17-9-16-26-24(28)18-27(21-11-3-1-4-12-21)32(29,30)22-13-5-2-6-14-22/h1-8,10-15H,9,16-19H2,(H,26,28). The van der Waals surface area contributed by atoms with Gasteiger partial charge in [-0.25, -0.2) is 8.42 Å². The average molecular weight is 489 g/mol. The molecular formula is C24H25ClN2O3S2. The molecule has 8 heteroatoms. The smallest absolute Gasteiger partial charge is 0.264 e. The number of benzene rings is 3. The molecule has 0 fully saturated rings. The fraction of sp³-hybridized carbons (Fsp3) is 0.208. The monoisotopic (exact) mass is 488 g/mol. The molecule has 32 heavy (non-hydrogen) atoms. The molecule has 0 saturated heterocycles. The van der Waals surface area contributed by atoms with Crippen LogP contribution in [0.2, 0.25) is 5.02 Å². The summed E-state index contributed by atoms with van der Waals surface area (Å²) in [5.74, 6) is 1.32. The summed E-state index contributed by atoms with van der Waals surface area (Å²) in [6.07, 6.45) is 0.775. The second kappa shape index (κ2) is 11.9. The van der Waals surface area contributed by atoms with Crippen molar-refractivity contribution in [3.8, 4) is 0 Å². The molecule has 3 rings (SSSR count). The predicted octanol–water partition coefficient (Wildman–Crippen LogP) is 4.98. The Balaban J connectivity index is 1.54. The number of amides is 1.